The lowest BCUT2D eigenvalue weighted by Crippen LogP contribution is -2.45. The van der Waals surface area contributed by atoms with E-state index in [-0.39, 0.29) is 38.2 Å². The van der Waals surface area contributed by atoms with Crippen LogP contribution in [-0.2, 0) is 42.2 Å². The molecule has 13 nitrogen and oxygen atoms in total. The molecule has 0 atom stereocenters. The third-order valence-corrected chi connectivity index (χ3v) is 8.28. The zero-order valence-electron chi connectivity index (χ0n) is 27.5. The smallest absolute Gasteiger partial charge is 0.423 e. The number of carbonyl (C=O) groups is 4. The molecule has 0 aliphatic carbocycles. The van der Waals surface area contributed by atoms with Crippen molar-refractivity contribution in [1.29, 1.82) is 5.41 Å². The maximum absolute atomic E-state index is 12.4. The van der Waals surface area contributed by atoms with Crippen molar-refractivity contribution in [3.63, 3.8) is 0 Å². The van der Waals surface area contributed by atoms with Crippen LogP contribution < -0.4 is 15.8 Å². The summed E-state index contributed by atoms with van der Waals surface area (Å²) in [6.45, 7) is 7.18. The predicted molar refractivity (Wildman–Crippen MR) is 182 cm³/mol. The first-order valence-electron chi connectivity index (χ1n) is 15.1. The third kappa shape index (κ3) is 14.1. The van der Waals surface area contributed by atoms with Crippen LogP contribution in [0.4, 0.5) is 10.5 Å². The number of nitrogens with zero attached hydrogens (tertiary/aromatic N) is 1. The summed E-state index contributed by atoms with van der Waals surface area (Å²) in [6, 6.07) is 22.6. The summed E-state index contributed by atoms with van der Waals surface area (Å²) in [5.74, 6) is -2.71. The van der Waals surface area contributed by atoms with Gasteiger partial charge in [0.05, 0.1) is 4.90 Å². The number of carboxylic acid groups (broad SMARTS) is 1. The average molecular weight is 682 g/mol. The molecule has 0 bridgehead atoms. The molecule has 48 heavy (non-hydrogen) atoms. The Labute approximate surface area is 281 Å². The summed E-state index contributed by atoms with van der Waals surface area (Å²) >= 11 is 0. The number of hydrogen-bond donors (Lipinski definition) is 5. The Morgan fingerprint density at radius 2 is 1.48 bits per heavy atom. The maximum Gasteiger partial charge on any atom is 0.423 e. The molecule has 0 aliphatic heterocycles. The lowest BCUT2D eigenvalue weighted by molar-refractivity contribution is -0.137. The van der Waals surface area contributed by atoms with Crippen LogP contribution in [-0.4, -0.2) is 53.8 Å². The summed E-state index contributed by atoms with van der Waals surface area (Å²) < 4.78 is 31.6. The van der Waals surface area contributed by atoms with Gasteiger partial charge in [0.25, 0.3) is 0 Å². The van der Waals surface area contributed by atoms with Crippen molar-refractivity contribution in [2.75, 3.05) is 5.32 Å². The van der Waals surface area contributed by atoms with Crippen LogP contribution in [0.3, 0.4) is 0 Å². The molecule has 258 valence electrons. The van der Waals surface area contributed by atoms with E-state index in [0.717, 1.165) is 11.1 Å². The van der Waals surface area contributed by atoms with Crippen LogP contribution >= 0.6 is 0 Å². The molecule has 0 fully saturated rings. The van der Waals surface area contributed by atoms with Gasteiger partial charge in [-0.05, 0) is 75.4 Å². The van der Waals surface area contributed by atoms with E-state index >= 15 is 0 Å². The molecule has 14 heteroatoms. The Hall–Kier alpha value is -5.08. The fourth-order valence-electron chi connectivity index (χ4n) is 4.18. The zero-order chi connectivity index (χ0) is 35.9. The number of rotatable bonds is 12. The van der Waals surface area contributed by atoms with E-state index < -0.39 is 39.5 Å². The Morgan fingerprint density at radius 3 is 2.04 bits per heavy atom. The van der Waals surface area contributed by atoms with E-state index in [9.17, 15) is 27.6 Å². The number of aryl methyl sites for hydroxylation is 2. The number of guanidine groups is 1. The van der Waals surface area contributed by atoms with Crippen molar-refractivity contribution >= 4 is 45.5 Å². The number of aliphatic carboxylic acids is 1. The van der Waals surface area contributed by atoms with Crippen molar-refractivity contribution < 1.29 is 37.4 Å². The highest BCUT2D eigenvalue weighted by Crippen LogP contribution is 2.17. The molecule has 0 spiro atoms. The monoisotopic (exact) mass is 681 g/mol. The van der Waals surface area contributed by atoms with Gasteiger partial charge >= 0.3 is 12.1 Å². The minimum absolute atomic E-state index is 0.0112. The molecular formula is C34H43N5O8S. The van der Waals surface area contributed by atoms with E-state index in [1.54, 1.807) is 73.7 Å². The number of carboxylic acids is 1. The maximum atomic E-state index is 12.4. The van der Waals surface area contributed by atoms with Gasteiger partial charge < -0.3 is 20.9 Å². The number of ether oxygens (including phenoxy) is 1. The second kappa shape index (κ2) is 18.3. The third-order valence-electron chi connectivity index (χ3n) is 6.36. The Bertz CT molecular complexity index is 1670. The number of carbonyl (C=O) groups excluding carboxylic acids is 3. The average Bonchev–Trinajstić information content (AvgIpc) is 2.99. The van der Waals surface area contributed by atoms with Gasteiger partial charge in [0.1, 0.15) is 6.61 Å². The number of anilines is 1. The summed E-state index contributed by atoms with van der Waals surface area (Å²) in [7, 11) is -3.40. The highest BCUT2D eigenvalue weighted by molar-refractivity contribution is 7.89. The standard InChI is InChI=1S/C23H26N4O6.C11H17NO2S/c24-22(25)27(23(32)33-15-17-5-2-1-3-6-17)20(29)8-4-7-19(28)26-18-12-9-16(10-13-18)11-14-21(30)31;1-9-7-5-6-8-10(9)15(13,14)12-11(2,3)4/h1-3,5-6,9-10,12-13H,4,7-8,11,14-15H2,(H3,24,25)(H,26,28)(H,30,31);5-8,12H,1-4H3. The first-order valence-corrected chi connectivity index (χ1v) is 16.5. The second-order valence-electron chi connectivity index (χ2n) is 11.8. The number of nitrogens with one attached hydrogen (secondary N) is 3. The Morgan fingerprint density at radius 1 is 0.875 bits per heavy atom. The van der Waals surface area contributed by atoms with Gasteiger partial charge in [-0.3, -0.25) is 19.8 Å². The molecule has 0 aliphatic rings. The minimum Gasteiger partial charge on any atom is -0.481 e. The molecule has 3 aromatic rings. The van der Waals surface area contributed by atoms with Crippen LogP contribution in [0.2, 0.25) is 0 Å². The number of hydrogen-bond acceptors (Lipinski definition) is 8. The normalized spacial score (nSPS) is 11.0. The highest BCUT2D eigenvalue weighted by Gasteiger charge is 2.26. The molecule has 3 rings (SSSR count). The number of amides is 3. The molecule has 0 radical (unpaired) electrons. The van der Waals surface area contributed by atoms with Crippen molar-refractivity contribution in [2.24, 2.45) is 5.73 Å². The van der Waals surface area contributed by atoms with Gasteiger partial charge in [0.2, 0.25) is 27.8 Å². The van der Waals surface area contributed by atoms with Crippen molar-refractivity contribution in [1.82, 2.24) is 9.62 Å². The number of sulfonamides is 1. The van der Waals surface area contributed by atoms with Crippen molar-refractivity contribution in [3.05, 3.63) is 95.6 Å². The number of nitrogens with two attached hydrogens (primary N) is 1. The van der Waals surface area contributed by atoms with Gasteiger partial charge in [-0.15, -0.1) is 0 Å². The molecule has 6 N–H and O–H groups in total. The van der Waals surface area contributed by atoms with E-state index in [1.165, 1.54) is 0 Å². The summed E-state index contributed by atoms with van der Waals surface area (Å²) in [5.41, 5.74) is 7.76. The van der Waals surface area contributed by atoms with Gasteiger partial charge in [-0.25, -0.2) is 17.9 Å². The SMILES string of the molecule is Cc1ccccc1S(=O)(=O)NC(C)(C)C.N=C(N)N(C(=O)CCCC(=O)Nc1ccc(CCC(=O)O)cc1)C(=O)OCc1ccccc1. The minimum atomic E-state index is -3.40. The second-order valence-corrected chi connectivity index (χ2v) is 13.4. The zero-order valence-corrected chi connectivity index (χ0v) is 28.3. The van der Waals surface area contributed by atoms with Gasteiger partial charge in [0, 0.05) is 30.5 Å². The van der Waals surface area contributed by atoms with E-state index in [0.29, 0.717) is 27.5 Å². The summed E-state index contributed by atoms with van der Waals surface area (Å²) in [5, 5.41) is 18.9. The van der Waals surface area contributed by atoms with Crippen molar-refractivity contribution in [2.45, 2.75) is 76.8 Å². The van der Waals surface area contributed by atoms with Gasteiger partial charge in [-0.1, -0.05) is 60.7 Å². The summed E-state index contributed by atoms with van der Waals surface area (Å²) in [6.07, 6.45) is -0.664. The molecule has 3 aromatic carbocycles. The lowest BCUT2D eigenvalue weighted by Gasteiger charge is -2.21. The van der Waals surface area contributed by atoms with E-state index in [1.807, 2.05) is 32.9 Å². The fraction of sp³-hybridized carbons (Fsp3) is 0.324. The van der Waals surface area contributed by atoms with Crippen molar-refractivity contribution in [3.8, 4) is 0 Å². The molecule has 0 unspecified atom stereocenters. The lowest BCUT2D eigenvalue weighted by atomic mass is 10.1. The molecule has 0 saturated carbocycles. The Balaban J connectivity index is 0.000000444. The molecule has 0 aromatic heterocycles. The molecular weight excluding hydrogens is 638 g/mol. The first-order chi connectivity index (χ1) is 22.5. The topological polar surface area (TPSA) is 209 Å². The number of benzene rings is 3. The van der Waals surface area contributed by atoms with Gasteiger partial charge in [0.15, 0.2) is 0 Å². The quantitative estimate of drug-likeness (QED) is 0.129. The molecule has 0 saturated heterocycles. The largest absolute Gasteiger partial charge is 0.481 e. The number of imide groups is 1. The van der Waals surface area contributed by atoms with Crippen LogP contribution in [0, 0.1) is 12.3 Å². The fourth-order valence-corrected chi connectivity index (χ4v) is 5.84. The molecule has 3 amide bonds. The van der Waals surface area contributed by atoms with Crippen LogP contribution in [0.15, 0.2) is 83.8 Å². The van der Waals surface area contributed by atoms with Gasteiger partial charge in [-0.2, -0.15) is 4.90 Å². The first kappa shape index (κ1) is 39.1. The van der Waals surface area contributed by atoms with E-state index in [4.69, 9.17) is 21.0 Å². The predicted octanol–water partition coefficient (Wildman–Crippen LogP) is 4.94. The van der Waals surface area contributed by atoms with Crippen LogP contribution in [0.5, 0.6) is 0 Å². The van der Waals surface area contributed by atoms with E-state index in [2.05, 4.69) is 10.0 Å². The Kier molecular flexibility index (Phi) is 14.9. The van der Waals surface area contributed by atoms with Crippen LogP contribution in [0.1, 0.15) is 63.1 Å². The molecule has 0 heterocycles. The summed E-state index contributed by atoms with van der Waals surface area (Å²) in [4.78, 5) is 48.1. The van der Waals surface area contributed by atoms with Crippen LogP contribution in [0.25, 0.3) is 0 Å². The highest BCUT2D eigenvalue weighted by atomic mass is 32.2.